The highest BCUT2D eigenvalue weighted by Crippen LogP contribution is 2.50. The van der Waals surface area contributed by atoms with E-state index in [9.17, 15) is 9.90 Å². The fourth-order valence-electron chi connectivity index (χ4n) is 6.29. The fourth-order valence-corrected chi connectivity index (χ4v) is 6.61. The maximum atomic E-state index is 13.7. The van der Waals surface area contributed by atoms with Gasteiger partial charge in [-0.25, -0.2) is 0 Å². The molecule has 1 saturated heterocycles. The second-order valence-corrected chi connectivity index (χ2v) is 11.8. The molecule has 4 atom stereocenters. The van der Waals surface area contributed by atoms with E-state index in [4.69, 9.17) is 27.9 Å². The molecule has 1 unspecified atom stereocenters. The molecule has 4 rings (SSSR count). The molecule has 196 valence electrons. The third-order valence-electron chi connectivity index (χ3n) is 8.04. The number of nitrogens with zero attached hydrogens (tertiary/aromatic N) is 2. The standard InChI is InChI=1S/C29H38Cl2N2O3/c1-19(2)17-33(28(35)13-20-8-9-25(30)26(31)12-20)22-15-27(34)24-18-32(3)11-10-29(24,16-22)21-6-5-7-23(14-21)36-4/h5-9,12,14,19,22,24,27,34H,10-11,13,15-18H2,1-4H3/t22-,24+,27?,29+/m1/s1. The summed E-state index contributed by atoms with van der Waals surface area (Å²) < 4.78 is 5.56. The second-order valence-electron chi connectivity index (χ2n) is 11.0. The first-order valence-corrected chi connectivity index (χ1v) is 13.6. The number of rotatable bonds is 7. The number of aliphatic hydroxyl groups excluding tert-OH is 1. The summed E-state index contributed by atoms with van der Waals surface area (Å²) in [4.78, 5) is 18.1. The Kier molecular flexibility index (Phi) is 8.56. The largest absolute Gasteiger partial charge is 0.497 e. The summed E-state index contributed by atoms with van der Waals surface area (Å²) in [7, 11) is 3.81. The number of carbonyl (C=O) groups is 1. The zero-order chi connectivity index (χ0) is 26.0. The summed E-state index contributed by atoms with van der Waals surface area (Å²) in [6.45, 7) is 6.71. The number of fused-ring (bicyclic) bond motifs is 1. The van der Waals surface area contributed by atoms with Crippen molar-refractivity contribution in [1.29, 1.82) is 0 Å². The Labute approximate surface area is 225 Å². The number of benzene rings is 2. The highest BCUT2D eigenvalue weighted by molar-refractivity contribution is 6.42. The first-order valence-electron chi connectivity index (χ1n) is 12.9. The molecular formula is C29H38Cl2N2O3. The van der Waals surface area contributed by atoms with Crippen LogP contribution in [-0.2, 0) is 16.6 Å². The van der Waals surface area contributed by atoms with Crippen molar-refractivity contribution in [3.8, 4) is 5.75 Å². The van der Waals surface area contributed by atoms with Gasteiger partial charge in [-0.15, -0.1) is 0 Å². The first-order chi connectivity index (χ1) is 17.1. The van der Waals surface area contributed by atoms with Gasteiger partial charge in [-0.1, -0.05) is 55.2 Å². The Morgan fingerprint density at radius 2 is 2.00 bits per heavy atom. The van der Waals surface area contributed by atoms with Crippen molar-refractivity contribution in [2.45, 2.75) is 57.1 Å². The topological polar surface area (TPSA) is 53.0 Å². The quantitative estimate of drug-likeness (QED) is 0.515. The van der Waals surface area contributed by atoms with Gasteiger partial charge in [0.1, 0.15) is 5.75 Å². The number of methoxy groups -OCH3 is 1. The van der Waals surface area contributed by atoms with E-state index in [1.54, 1.807) is 19.2 Å². The molecule has 36 heavy (non-hydrogen) atoms. The lowest BCUT2D eigenvalue weighted by atomic mass is 9.56. The Morgan fingerprint density at radius 1 is 1.22 bits per heavy atom. The number of hydrogen-bond acceptors (Lipinski definition) is 4. The molecule has 1 aliphatic carbocycles. The zero-order valence-corrected chi connectivity index (χ0v) is 23.2. The Hall–Kier alpha value is -1.79. The number of carbonyl (C=O) groups excluding carboxylic acids is 1. The van der Waals surface area contributed by atoms with Crippen LogP contribution in [-0.4, -0.2) is 66.8 Å². The van der Waals surface area contributed by atoms with Crippen LogP contribution in [0.2, 0.25) is 10.0 Å². The van der Waals surface area contributed by atoms with E-state index in [1.807, 2.05) is 23.1 Å². The van der Waals surface area contributed by atoms with Crippen LogP contribution in [0.15, 0.2) is 42.5 Å². The summed E-state index contributed by atoms with van der Waals surface area (Å²) in [5, 5.41) is 12.5. The van der Waals surface area contributed by atoms with Crippen molar-refractivity contribution in [2.75, 3.05) is 33.8 Å². The van der Waals surface area contributed by atoms with Gasteiger partial charge in [-0.05, 0) is 74.2 Å². The molecule has 0 radical (unpaired) electrons. The monoisotopic (exact) mass is 532 g/mol. The van der Waals surface area contributed by atoms with Crippen LogP contribution in [0, 0.1) is 11.8 Å². The van der Waals surface area contributed by atoms with E-state index in [-0.39, 0.29) is 29.7 Å². The molecule has 1 N–H and O–H groups in total. The molecule has 2 aromatic rings. The van der Waals surface area contributed by atoms with Crippen molar-refractivity contribution in [3.05, 3.63) is 63.6 Å². The summed E-state index contributed by atoms with van der Waals surface area (Å²) in [5.74, 6) is 1.30. The average Bonchev–Trinajstić information content (AvgIpc) is 2.85. The Morgan fingerprint density at radius 3 is 2.69 bits per heavy atom. The second kappa shape index (κ2) is 11.3. The van der Waals surface area contributed by atoms with Gasteiger partial charge in [-0.3, -0.25) is 4.79 Å². The molecule has 1 heterocycles. The van der Waals surface area contributed by atoms with Gasteiger partial charge in [0.25, 0.3) is 0 Å². The Balaban J connectivity index is 1.68. The summed E-state index contributed by atoms with van der Waals surface area (Å²) in [6, 6.07) is 13.6. The zero-order valence-electron chi connectivity index (χ0n) is 21.7. The van der Waals surface area contributed by atoms with E-state index in [0.29, 0.717) is 28.9 Å². The van der Waals surface area contributed by atoms with Crippen LogP contribution >= 0.6 is 23.2 Å². The summed E-state index contributed by atoms with van der Waals surface area (Å²) in [6.07, 6.45) is 2.12. The molecule has 0 spiro atoms. The smallest absolute Gasteiger partial charge is 0.227 e. The number of hydrogen-bond donors (Lipinski definition) is 1. The molecule has 1 amide bonds. The van der Waals surface area contributed by atoms with Crippen molar-refractivity contribution in [3.63, 3.8) is 0 Å². The number of aliphatic hydroxyl groups is 1. The fraction of sp³-hybridized carbons (Fsp3) is 0.552. The highest BCUT2D eigenvalue weighted by Gasteiger charge is 2.53. The molecular weight excluding hydrogens is 495 g/mol. The molecule has 5 nitrogen and oxygen atoms in total. The summed E-state index contributed by atoms with van der Waals surface area (Å²) >= 11 is 12.3. The molecule has 2 aromatic carbocycles. The number of amides is 1. The molecule has 1 aliphatic heterocycles. The first kappa shape index (κ1) is 27.3. The number of piperidine rings is 1. The van der Waals surface area contributed by atoms with Gasteiger partial charge in [0.05, 0.1) is 29.7 Å². The van der Waals surface area contributed by atoms with Crippen LogP contribution < -0.4 is 4.74 Å². The van der Waals surface area contributed by atoms with Crippen LogP contribution in [0.1, 0.15) is 44.2 Å². The van der Waals surface area contributed by atoms with Crippen LogP contribution in [0.25, 0.3) is 0 Å². The lowest BCUT2D eigenvalue weighted by Gasteiger charge is -2.56. The van der Waals surface area contributed by atoms with Crippen LogP contribution in [0.4, 0.5) is 0 Å². The molecule has 0 bridgehead atoms. The third-order valence-corrected chi connectivity index (χ3v) is 8.78. The maximum absolute atomic E-state index is 13.7. The van der Waals surface area contributed by atoms with Crippen molar-refractivity contribution < 1.29 is 14.6 Å². The van der Waals surface area contributed by atoms with E-state index in [2.05, 4.69) is 37.9 Å². The van der Waals surface area contributed by atoms with Gasteiger partial charge in [-0.2, -0.15) is 0 Å². The number of likely N-dealkylation sites (tertiary alicyclic amines) is 1. The lowest BCUT2D eigenvalue weighted by Crippen LogP contribution is -2.61. The predicted octanol–water partition coefficient (Wildman–Crippen LogP) is 5.44. The SMILES string of the molecule is COc1cccc([C@@]23CCN(C)C[C@H]2C(O)C[C@@H](N(CC(C)C)C(=O)Cc2ccc(Cl)c(Cl)c2)C3)c1. The summed E-state index contributed by atoms with van der Waals surface area (Å²) in [5.41, 5.74) is 1.83. The van der Waals surface area contributed by atoms with Crippen LogP contribution in [0.5, 0.6) is 5.75 Å². The minimum Gasteiger partial charge on any atom is -0.497 e. The minimum atomic E-state index is -0.495. The van der Waals surface area contributed by atoms with Gasteiger partial charge in [0, 0.05) is 30.5 Å². The Bertz CT molecular complexity index is 1080. The van der Waals surface area contributed by atoms with Crippen molar-refractivity contribution in [1.82, 2.24) is 9.80 Å². The van der Waals surface area contributed by atoms with Gasteiger partial charge in [0.15, 0.2) is 0 Å². The van der Waals surface area contributed by atoms with Crippen LogP contribution in [0.3, 0.4) is 0 Å². The third kappa shape index (κ3) is 5.70. The van der Waals surface area contributed by atoms with Gasteiger partial charge >= 0.3 is 0 Å². The van der Waals surface area contributed by atoms with E-state index >= 15 is 0 Å². The molecule has 2 aliphatic rings. The molecule has 7 heteroatoms. The maximum Gasteiger partial charge on any atom is 0.227 e. The van der Waals surface area contributed by atoms with E-state index < -0.39 is 6.10 Å². The normalized spacial score (nSPS) is 26.5. The molecule has 0 aromatic heterocycles. The van der Waals surface area contributed by atoms with E-state index in [1.165, 1.54) is 5.56 Å². The molecule has 1 saturated carbocycles. The highest BCUT2D eigenvalue weighted by atomic mass is 35.5. The van der Waals surface area contributed by atoms with Gasteiger partial charge in [0.2, 0.25) is 5.91 Å². The number of ether oxygens (including phenoxy) is 1. The molecule has 2 fully saturated rings. The average molecular weight is 534 g/mol. The predicted molar refractivity (Wildman–Crippen MR) is 146 cm³/mol. The minimum absolute atomic E-state index is 0.0523. The lowest BCUT2D eigenvalue weighted by molar-refractivity contribution is -0.138. The van der Waals surface area contributed by atoms with Crippen molar-refractivity contribution in [2.24, 2.45) is 11.8 Å². The van der Waals surface area contributed by atoms with E-state index in [0.717, 1.165) is 37.2 Å². The van der Waals surface area contributed by atoms with Crippen molar-refractivity contribution >= 4 is 29.1 Å². The number of halogens is 2. The van der Waals surface area contributed by atoms with Gasteiger partial charge < -0.3 is 19.6 Å².